The molecular formula is C15H11NO3. The molecule has 94 valence electrons. The monoisotopic (exact) mass is 253 g/mol. The summed E-state index contributed by atoms with van der Waals surface area (Å²) in [6, 6.07) is 12.8. The molecular weight excluding hydrogens is 242 g/mol. The number of amides is 1. The van der Waals surface area contributed by atoms with Crippen molar-refractivity contribution < 1.29 is 14.3 Å². The SMILES string of the molecule is COc1ccc(-c2cccc3c2NC(=O)C3=O)cc1. The molecule has 4 heteroatoms. The van der Waals surface area contributed by atoms with Gasteiger partial charge in [-0.3, -0.25) is 9.59 Å². The first kappa shape index (κ1) is 11.5. The van der Waals surface area contributed by atoms with Crippen molar-refractivity contribution in [3.05, 3.63) is 48.0 Å². The highest BCUT2D eigenvalue weighted by Gasteiger charge is 2.29. The van der Waals surface area contributed by atoms with Crippen LogP contribution >= 0.6 is 0 Å². The van der Waals surface area contributed by atoms with Crippen LogP contribution in [0.5, 0.6) is 5.75 Å². The van der Waals surface area contributed by atoms with Crippen LogP contribution in [-0.2, 0) is 4.79 Å². The zero-order chi connectivity index (χ0) is 13.4. The third-order valence-corrected chi connectivity index (χ3v) is 3.15. The lowest BCUT2D eigenvalue weighted by molar-refractivity contribution is -0.112. The van der Waals surface area contributed by atoms with Gasteiger partial charge in [-0.15, -0.1) is 0 Å². The van der Waals surface area contributed by atoms with E-state index >= 15 is 0 Å². The molecule has 2 aromatic carbocycles. The molecule has 3 rings (SSSR count). The van der Waals surface area contributed by atoms with E-state index in [0.29, 0.717) is 11.3 Å². The Labute approximate surface area is 110 Å². The van der Waals surface area contributed by atoms with Gasteiger partial charge in [0, 0.05) is 5.56 Å². The summed E-state index contributed by atoms with van der Waals surface area (Å²) in [7, 11) is 1.61. The summed E-state index contributed by atoms with van der Waals surface area (Å²) >= 11 is 0. The van der Waals surface area contributed by atoms with Gasteiger partial charge >= 0.3 is 0 Å². The van der Waals surface area contributed by atoms with Gasteiger partial charge in [-0.1, -0.05) is 24.3 Å². The maximum Gasteiger partial charge on any atom is 0.296 e. The van der Waals surface area contributed by atoms with Gasteiger partial charge in [-0.2, -0.15) is 0 Å². The van der Waals surface area contributed by atoms with Crippen LogP contribution in [0.2, 0.25) is 0 Å². The molecule has 0 aliphatic carbocycles. The number of carbonyl (C=O) groups is 2. The first-order valence-electron chi connectivity index (χ1n) is 5.84. The summed E-state index contributed by atoms with van der Waals surface area (Å²) in [5.41, 5.74) is 2.77. The van der Waals surface area contributed by atoms with Crippen LogP contribution in [-0.4, -0.2) is 18.8 Å². The molecule has 0 unspecified atom stereocenters. The van der Waals surface area contributed by atoms with Crippen molar-refractivity contribution in [1.82, 2.24) is 0 Å². The number of para-hydroxylation sites is 1. The molecule has 4 nitrogen and oxygen atoms in total. The van der Waals surface area contributed by atoms with E-state index in [4.69, 9.17) is 4.74 Å². The number of carbonyl (C=O) groups excluding carboxylic acids is 2. The highest BCUT2D eigenvalue weighted by Crippen LogP contribution is 2.35. The van der Waals surface area contributed by atoms with Crippen molar-refractivity contribution in [3.8, 4) is 16.9 Å². The summed E-state index contributed by atoms with van der Waals surface area (Å²) in [4.78, 5) is 23.1. The Morgan fingerprint density at radius 2 is 1.63 bits per heavy atom. The second-order valence-electron chi connectivity index (χ2n) is 4.24. The molecule has 0 fully saturated rings. The van der Waals surface area contributed by atoms with Gasteiger partial charge in [0.1, 0.15) is 5.75 Å². The number of benzene rings is 2. The largest absolute Gasteiger partial charge is 0.497 e. The molecule has 0 spiro atoms. The molecule has 0 saturated heterocycles. The van der Waals surface area contributed by atoms with E-state index in [1.54, 1.807) is 19.2 Å². The molecule has 2 aromatic rings. The number of anilines is 1. The summed E-state index contributed by atoms with van der Waals surface area (Å²) in [6.07, 6.45) is 0. The number of Topliss-reactive ketones (excluding diaryl/α,β-unsaturated/α-hetero) is 1. The number of fused-ring (bicyclic) bond motifs is 1. The fourth-order valence-corrected chi connectivity index (χ4v) is 2.18. The van der Waals surface area contributed by atoms with Crippen molar-refractivity contribution in [2.75, 3.05) is 12.4 Å². The fourth-order valence-electron chi connectivity index (χ4n) is 2.18. The number of rotatable bonds is 2. The van der Waals surface area contributed by atoms with Crippen molar-refractivity contribution in [2.45, 2.75) is 0 Å². The van der Waals surface area contributed by atoms with E-state index in [2.05, 4.69) is 5.32 Å². The van der Waals surface area contributed by atoms with Gasteiger partial charge in [0.25, 0.3) is 11.7 Å². The van der Waals surface area contributed by atoms with Crippen LogP contribution < -0.4 is 10.1 Å². The van der Waals surface area contributed by atoms with Gasteiger partial charge in [-0.25, -0.2) is 0 Å². The maximum atomic E-state index is 11.6. The minimum atomic E-state index is -0.573. The zero-order valence-corrected chi connectivity index (χ0v) is 10.3. The Kier molecular flexibility index (Phi) is 2.56. The summed E-state index contributed by atoms with van der Waals surface area (Å²) in [5.74, 6) is -0.294. The zero-order valence-electron chi connectivity index (χ0n) is 10.3. The Hall–Kier alpha value is -2.62. The number of ketones is 1. The van der Waals surface area contributed by atoms with Crippen LogP contribution in [0.4, 0.5) is 5.69 Å². The van der Waals surface area contributed by atoms with E-state index in [1.807, 2.05) is 30.3 Å². The first-order valence-corrected chi connectivity index (χ1v) is 5.84. The molecule has 1 aliphatic rings. The van der Waals surface area contributed by atoms with Crippen molar-refractivity contribution in [2.24, 2.45) is 0 Å². The lowest BCUT2D eigenvalue weighted by Gasteiger charge is -2.08. The smallest absolute Gasteiger partial charge is 0.296 e. The third-order valence-electron chi connectivity index (χ3n) is 3.15. The molecule has 1 heterocycles. The number of hydrogen-bond donors (Lipinski definition) is 1. The summed E-state index contributed by atoms with van der Waals surface area (Å²) < 4.78 is 5.11. The van der Waals surface area contributed by atoms with Gasteiger partial charge in [0.2, 0.25) is 0 Å². The van der Waals surface area contributed by atoms with E-state index in [0.717, 1.165) is 16.9 Å². The van der Waals surface area contributed by atoms with E-state index in [-0.39, 0.29) is 0 Å². The van der Waals surface area contributed by atoms with E-state index in [9.17, 15) is 9.59 Å². The Bertz CT molecular complexity index is 674. The molecule has 0 saturated carbocycles. The van der Waals surface area contributed by atoms with Crippen molar-refractivity contribution >= 4 is 17.4 Å². The Morgan fingerprint density at radius 1 is 0.947 bits per heavy atom. The van der Waals surface area contributed by atoms with Gasteiger partial charge in [0.05, 0.1) is 18.4 Å². The number of methoxy groups -OCH3 is 1. The molecule has 1 amide bonds. The first-order chi connectivity index (χ1) is 9.20. The van der Waals surface area contributed by atoms with Gasteiger partial charge < -0.3 is 10.1 Å². The molecule has 0 aromatic heterocycles. The molecule has 0 atom stereocenters. The lowest BCUT2D eigenvalue weighted by Crippen LogP contribution is -2.12. The minimum absolute atomic E-state index is 0.429. The average molecular weight is 253 g/mol. The molecule has 1 aliphatic heterocycles. The topological polar surface area (TPSA) is 55.4 Å². The van der Waals surface area contributed by atoms with Crippen molar-refractivity contribution in [1.29, 1.82) is 0 Å². The number of ether oxygens (including phenoxy) is 1. The van der Waals surface area contributed by atoms with Crippen LogP contribution in [0.3, 0.4) is 0 Å². The molecule has 0 bridgehead atoms. The molecule has 1 N–H and O–H groups in total. The van der Waals surface area contributed by atoms with E-state index < -0.39 is 11.7 Å². The predicted molar refractivity (Wildman–Crippen MR) is 71.4 cm³/mol. The van der Waals surface area contributed by atoms with Crippen LogP contribution in [0.25, 0.3) is 11.1 Å². The highest BCUT2D eigenvalue weighted by molar-refractivity contribution is 6.52. The Balaban J connectivity index is 2.12. The maximum absolute atomic E-state index is 11.6. The van der Waals surface area contributed by atoms with Crippen LogP contribution in [0.15, 0.2) is 42.5 Å². The standard InChI is InChI=1S/C15H11NO3/c1-19-10-7-5-9(6-8-10)11-3-2-4-12-13(11)16-15(18)14(12)17/h2-8H,1H3,(H,16,17,18). The quantitative estimate of drug-likeness (QED) is 0.836. The normalized spacial score (nSPS) is 13.1. The van der Waals surface area contributed by atoms with Crippen LogP contribution in [0.1, 0.15) is 10.4 Å². The third kappa shape index (κ3) is 1.78. The minimum Gasteiger partial charge on any atom is -0.497 e. The summed E-state index contributed by atoms with van der Waals surface area (Å²) in [5, 5.41) is 2.62. The second kappa shape index (κ2) is 4.24. The fraction of sp³-hybridized carbons (Fsp3) is 0.0667. The lowest BCUT2D eigenvalue weighted by atomic mass is 10.0. The van der Waals surface area contributed by atoms with E-state index in [1.165, 1.54) is 0 Å². The highest BCUT2D eigenvalue weighted by atomic mass is 16.5. The molecule has 0 radical (unpaired) electrons. The predicted octanol–water partition coefficient (Wildman–Crippen LogP) is 2.50. The van der Waals surface area contributed by atoms with Gasteiger partial charge in [-0.05, 0) is 23.8 Å². The average Bonchev–Trinajstić information content (AvgIpc) is 2.75. The Morgan fingerprint density at radius 3 is 2.32 bits per heavy atom. The number of hydrogen-bond acceptors (Lipinski definition) is 3. The van der Waals surface area contributed by atoms with Crippen molar-refractivity contribution in [3.63, 3.8) is 0 Å². The number of nitrogens with one attached hydrogen (secondary N) is 1. The molecule has 19 heavy (non-hydrogen) atoms. The summed E-state index contributed by atoms with van der Waals surface area (Å²) in [6.45, 7) is 0. The van der Waals surface area contributed by atoms with Gasteiger partial charge in [0.15, 0.2) is 0 Å². The van der Waals surface area contributed by atoms with Crippen LogP contribution in [0, 0.1) is 0 Å². The second-order valence-corrected chi connectivity index (χ2v) is 4.24.